The van der Waals surface area contributed by atoms with Crippen LogP contribution in [0.25, 0.3) is 0 Å². The molecule has 1 aliphatic carbocycles. The maximum Gasteiger partial charge on any atom is 0.326 e. The van der Waals surface area contributed by atoms with E-state index in [-0.39, 0.29) is 18.6 Å². The molecule has 8 nitrogen and oxygen atoms in total. The fourth-order valence-electron chi connectivity index (χ4n) is 2.49. The lowest BCUT2D eigenvalue weighted by Crippen LogP contribution is -2.49. The third-order valence-electron chi connectivity index (χ3n) is 3.64. The third kappa shape index (κ3) is 4.45. The van der Waals surface area contributed by atoms with Crippen LogP contribution in [0.15, 0.2) is 12.5 Å². The molecule has 1 aliphatic rings. The van der Waals surface area contributed by atoms with Crippen molar-refractivity contribution in [3.8, 4) is 0 Å². The number of carbonyl (C=O) groups is 2. The minimum absolute atomic E-state index is 0.0246. The Morgan fingerprint density at radius 1 is 1.57 bits per heavy atom. The fraction of sp³-hybridized carbons (Fsp3) is 0.615. The minimum Gasteiger partial charge on any atom is -0.480 e. The van der Waals surface area contributed by atoms with E-state index >= 15 is 0 Å². The van der Waals surface area contributed by atoms with E-state index in [9.17, 15) is 9.59 Å². The molecule has 4 N–H and O–H groups in total. The van der Waals surface area contributed by atoms with Crippen molar-refractivity contribution in [3.05, 3.63) is 18.2 Å². The molecule has 0 saturated heterocycles. The van der Waals surface area contributed by atoms with Crippen molar-refractivity contribution in [2.24, 2.45) is 0 Å². The number of hydrogen-bond donors (Lipinski definition) is 4. The molecule has 1 aromatic heterocycles. The molecule has 0 spiro atoms. The fourth-order valence-corrected chi connectivity index (χ4v) is 2.49. The van der Waals surface area contributed by atoms with Crippen LogP contribution in [0.5, 0.6) is 0 Å². The number of hydrogen-bond acceptors (Lipinski definition) is 4. The van der Waals surface area contributed by atoms with Crippen LogP contribution < -0.4 is 10.6 Å². The molecule has 2 amide bonds. The lowest BCUT2D eigenvalue weighted by molar-refractivity contribution is -0.139. The standard InChI is InChI=1S/C13H20N4O4/c1-21-10-3-2-8(4-10)16-13(20)17-11(12(18)19)5-9-6-14-7-15-9/h6-8,10-11H,2-5H2,1H3,(H,14,15)(H,18,19)(H2,16,17,20)/t8?,10?,11-/m1/s1. The monoisotopic (exact) mass is 296 g/mol. The van der Waals surface area contributed by atoms with Gasteiger partial charge in [-0.3, -0.25) is 0 Å². The summed E-state index contributed by atoms with van der Waals surface area (Å²) in [5.41, 5.74) is 0.656. The molecule has 1 fully saturated rings. The zero-order valence-electron chi connectivity index (χ0n) is 11.8. The highest BCUT2D eigenvalue weighted by Gasteiger charge is 2.27. The molecule has 0 aromatic carbocycles. The number of carboxylic acid groups (broad SMARTS) is 1. The Labute approximate surface area is 122 Å². The van der Waals surface area contributed by atoms with Crippen LogP contribution in [0.3, 0.4) is 0 Å². The maximum absolute atomic E-state index is 11.9. The average molecular weight is 296 g/mol. The van der Waals surface area contributed by atoms with E-state index in [1.807, 2.05) is 0 Å². The number of rotatable bonds is 6. The molecule has 0 aliphatic heterocycles. The molecule has 116 valence electrons. The second-order valence-electron chi connectivity index (χ2n) is 5.16. The van der Waals surface area contributed by atoms with E-state index in [2.05, 4.69) is 20.6 Å². The topological polar surface area (TPSA) is 116 Å². The number of ether oxygens (including phenoxy) is 1. The summed E-state index contributed by atoms with van der Waals surface area (Å²) in [6.07, 6.45) is 5.82. The molecule has 1 saturated carbocycles. The van der Waals surface area contributed by atoms with Crippen LogP contribution in [0.2, 0.25) is 0 Å². The summed E-state index contributed by atoms with van der Waals surface area (Å²) >= 11 is 0. The van der Waals surface area contributed by atoms with Gasteiger partial charge in [0.1, 0.15) is 6.04 Å². The number of aliphatic carboxylic acids is 1. The van der Waals surface area contributed by atoms with Crippen LogP contribution >= 0.6 is 0 Å². The van der Waals surface area contributed by atoms with Gasteiger partial charge >= 0.3 is 12.0 Å². The van der Waals surface area contributed by atoms with E-state index in [0.717, 1.165) is 19.3 Å². The van der Waals surface area contributed by atoms with E-state index in [0.29, 0.717) is 5.69 Å². The Balaban J connectivity index is 1.82. The van der Waals surface area contributed by atoms with Crippen molar-refractivity contribution in [2.75, 3.05) is 7.11 Å². The Kier molecular flexibility index (Phi) is 5.15. The largest absolute Gasteiger partial charge is 0.480 e. The van der Waals surface area contributed by atoms with Crippen LogP contribution in [0.1, 0.15) is 25.0 Å². The minimum atomic E-state index is -1.08. The van der Waals surface area contributed by atoms with Gasteiger partial charge in [-0.25, -0.2) is 14.6 Å². The van der Waals surface area contributed by atoms with Crippen molar-refractivity contribution in [3.63, 3.8) is 0 Å². The first-order valence-electron chi connectivity index (χ1n) is 6.88. The number of aromatic nitrogens is 2. The molecule has 1 heterocycles. The summed E-state index contributed by atoms with van der Waals surface area (Å²) < 4.78 is 5.24. The second-order valence-corrected chi connectivity index (χ2v) is 5.16. The second kappa shape index (κ2) is 7.07. The molecule has 3 atom stereocenters. The maximum atomic E-state index is 11.9. The number of H-pyrrole nitrogens is 1. The molecule has 0 radical (unpaired) electrons. The summed E-state index contributed by atoms with van der Waals surface area (Å²) in [5.74, 6) is -1.08. The van der Waals surface area contributed by atoms with Gasteiger partial charge in [-0.1, -0.05) is 0 Å². The summed E-state index contributed by atoms with van der Waals surface area (Å²) in [4.78, 5) is 29.7. The summed E-state index contributed by atoms with van der Waals surface area (Å²) in [5, 5.41) is 14.4. The lowest BCUT2D eigenvalue weighted by atomic mass is 10.1. The predicted molar refractivity (Wildman–Crippen MR) is 73.8 cm³/mol. The average Bonchev–Trinajstić information content (AvgIpc) is 3.09. The van der Waals surface area contributed by atoms with Gasteiger partial charge in [0.15, 0.2) is 0 Å². The Hall–Kier alpha value is -2.09. The molecule has 2 unspecified atom stereocenters. The van der Waals surface area contributed by atoms with Crippen molar-refractivity contribution < 1.29 is 19.4 Å². The van der Waals surface area contributed by atoms with Crippen LogP contribution in [0, 0.1) is 0 Å². The molecular formula is C13H20N4O4. The number of carboxylic acids is 1. The van der Waals surface area contributed by atoms with Gasteiger partial charge < -0.3 is 25.5 Å². The van der Waals surface area contributed by atoms with Gasteiger partial charge in [0, 0.05) is 31.5 Å². The lowest BCUT2D eigenvalue weighted by Gasteiger charge is -2.17. The normalized spacial score (nSPS) is 22.7. The first-order chi connectivity index (χ1) is 10.1. The summed E-state index contributed by atoms with van der Waals surface area (Å²) in [7, 11) is 1.65. The number of urea groups is 1. The van der Waals surface area contributed by atoms with Gasteiger partial charge in [-0.05, 0) is 19.3 Å². The number of amides is 2. The summed E-state index contributed by atoms with van der Waals surface area (Å²) in [6, 6.07) is -1.44. The van der Waals surface area contributed by atoms with Crippen molar-refractivity contribution in [1.29, 1.82) is 0 Å². The third-order valence-corrected chi connectivity index (χ3v) is 3.64. The SMILES string of the molecule is COC1CCC(NC(=O)N[C@H](Cc2cnc[nH]2)C(=O)O)C1. The number of carbonyl (C=O) groups excluding carboxylic acids is 1. The quantitative estimate of drug-likeness (QED) is 0.601. The Morgan fingerprint density at radius 3 is 2.95 bits per heavy atom. The van der Waals surface area contributed by atoms with Crippen LogP contribution in [-0.4, -0.2) is 52.4 Å². The first kappa shape index (κ1) is 15.3. The molecule has 1 aromatic rings. The number of nitrogens with one attached hydrogen (secondary N) is 3. The van der Waals surface area contributed by atoms with Gasteiger partial charge in [-0.15, -0.1) is 0 Å². The number of methoxy groups -OCH3 is 1. The smallest absolute Gasteiger partial charge is 0.326 e. The molecule has 8 heteroatoms. The molecule has 0 bridgehead atoms. The van der Waals surface area contributed by atoms with Gasteiger partial charge in [0.2, 0.25) is 0 Å². The molecular weight excluding hydrogens is 276 g/mol. The number of imidazole rings is 1. The number of nitrogens with zero attached hydrogens (tertiary/aromatic N) is 1. The Morgan fingerprint density at radius 2 is 2.38 bits per heavy atom. The predicted octanol–water partition coefficient (Wildman–Crippen LogP) is 0.272. The van der Waals surface area contributed by atoms with Crippen molar-refractivity contribution in [2.45, 2.75) is 43.9 Å². The highest BCUT2D eigenvalue weighted by molar-refractivity contribution is 5.82. The van der Waals surface area contributed by atoms with E-state index < -0.39 is 18.0 Å². The zero-order valence-corrected chi connectivity index (χ0v) is 11.8. The summed E-state index contributed by atoms with van der Waals surface area (Å²) in [6.45, 7) is 0. The van der Waals surface area contributed by atoms with Crippen LogP contribution in [-0.2, 0) is 16.0 Å². The van der Waals surface area contributed by atoms with E-state index in [1.54, 1.807) is 7.11 Å². The zero-order chi connectivity index (χ0) is 15.2. The highest BCUT2D eigenvalue weighted by atomic mass is 16.5. The van der Waals surface area contributed by atoms with Crippen LogP contribution in [0.4, 0.5) is 4.79 Å². The highest BCUT2D eigenvalue weighted by Crippen LogP contribution is 2.21. The van der Waals surface area contributed by atoms with Gasteiger partial charge in [0.25, 0.3) is 0 Å². The number of aromatic amines is 1. The molecule has 2 rings (SSSR count). The van der Waals surface area contributed by atoms with Crippen molar-refractivity contribution >= 4 is 12.0 Å². The Bertz CT molecular complexity index is 477. The van der Waals surface area contributed by atoms with E-state index in [4.69, 9.17) is 9.84 Å². The van der Waals surface area contributed by atoms with E-state index in [1.165, 1.54) is 12.5 Å². The molecule has 21 heavy (non-hydrogen) atoms. The van der Waals surface area contributed by atoms with Crippen molar-refractivity contribution in [1.82, 2.24) is 20.6 Å². The van der Waals surface area contributed by atoms with Gasteiger partial charge in [-0.2, -0.15) is 0 Å². The first-order valence-corrected chi connectivity index (χ1v) is 6.88. The van der Waals surface area contributed by atoms with Gasteiger partial charge in [0.05, 0.1) is 12.4 Å².